The van der Waals surface area contributed by atoms with E-state index in [9.17, 15) is 5.11 Å². The van der Waals surface area contributed by atoms with Crippen LogP contribution in [0.4, 0.5) is 0 Å². The molecular formula is C35H74BrNO3. The number of aliphatic hydroxyl groups excluding tert-OH is 1. The van der Waals surface area contributed by atoms with Crippen molar-refractivity contribution in [1.29, 1.82) is 0 Å². The number of rotatable bonds is 32. The van der Waals surface area contributed by atoms with Gasteiger partial charge in [-0.25, -0.2) is 0 Å². The Hall–Kier alpha value is 0.320. The molecule has 0 spiro atoms. The molecule has 0 rings (SSSR count). The second kappa shape index (κ2) is 32.2. The summed E-state index contributed by atoms with van der Waals surface area (Å²) in [7, 11) is 4.30. The highest BCUT2D eigenvalue weighted by atomic mass is 79.9. The molecule has 1 N–H and O–H groups in total. The molecule has 0 saturated heterocycles. The Kier molecular flexibility index (Phi) is 34.2. The number of ether oxygens (including phenoxy) is 2. The predicted molar refractivity (Wildman–Crippen MR) is 171 cm³/mol. The van der Waals surface area contributed by atoms with Gasteiger partial charge in [-0.05, 0) is 12.8 Å². The van der Waals surface area contributed by atoms with Crippen LogP contribution in [0.3, 0.4) is 0 Å². The maximum Gasteiger partial charge on any atom is 0.218 e. The molecule has 4 nitrogen and oxygen atoms in total. The number of hydrogen-bond acceptors (Lipinski definition) is 3. The summed E-state index contributed by atoms with van der Waals surface area (Å²) in [4.78, 5) is 0. The zero-order valence-corrected chi connectivity index (χ0v) is 29.6. The van der Waals surface area contributed by atoms with Crippen molar-refractivity contribution in [3.63, 3.8) is 0 Å². The molecule has 0 bridgehead atoms. The van der Waals surface area contributed by atoms with E-state index in [0.717, 1.165) is 32.5 Å². The van der Waals surface area contributed by atoms with E-state index in [1.54, 1.807) is 0 Å². The summed E-state index contributed by atoms with van der Waals surface area (Å²) in [5.41, 5.74) is 0. The minimum atomic E-state index is -0.218. The van der Waals surface area contributed by atoms with Crippen LogP contribution in [-0.4, -0.2) is 56.0 Å². The molecule has 2 unspecified atom stereocenters. The van der Waals surface area contributed by atoms with Gasteiger partial charge in [-0.1, -0.05) is 162 Å². The maximum atomic E-state index is 10.1. The SMILES string of the molecule is CCCCCCCCCCCCCCOC(CC)[N+](C)(C)C(CO)OCCCCCCCCCCCCCC.[Br-]. The van der Waals surface area contributed by atoms with Gasteiger partial charge in [-0.2, -0.15) is 0 Å². The standard InChI is InChI=1S/C35H74NO3.BrH/c1-6-9-11-13-15-17-19-21-23-25-27-29-31-38-34(8-3)36(4,5)35(33-37)39-32-30-28-26-24-22-20-18-16-14-12-10-7-2;/h34-35,37H,6-33H2,1-5H3;1H/q+1;/p-1. The van der Waals surface area contributed by atoms with Crippen molar-refractivity contribution in [3.05, 3.63) is 0 Å². The summed E-state index contributed by atoms with van der Waals surface area (Å²) in [6.07, 6.45) is 33.3. The lowest BCUT2D eigenvalue weighted by Gasteiger charge is -2.42. The van der Waals surface area contributed by atoms with Gasteiger partial charge < -0.3 is 31.6 Å². The summed E-state index contributed by atoms with van der Waals surface area (Å²) in [6, 6.07) is 0. The van der Waals surface area contributed by atoms with Crippen molar-refractivity contribution in [2.24, 2.45) is 0 Å². The van der Waals surface area contributed by atoms with Crippen LogP contribution in [0.25, 0.3) is 0 Å². The highest BCUT2D eigenvalue weighted by Gasteiger charge is 2.36. The van der Waals surface area contributed by atoms with Crippen molar-refractivity contribution in [2.75, 3.05) is 33.9 Å². The van der Waals surface area contributed by atoms with Crippen LogP contribution < -0.4 is 17.0 Å². The van der Waals surface area contributed by atoms with E-state index in [4.69, 9.17) is 9.47 Å². The minimum absolute atomic E-state index is 0. The first-order valence-electron chi connectivity index (χ1n) is 17.7. The molecule has 0 heterocycles. The first-order valence-corrected chi connectivity index (χ1v) is 17.7. The van der Waals surface area contributed by atoms with E-state index in [1.807, 2.05) is 0 Å². The van der Waals surface area contributed by atoms with Crippen LogP contribution in [0.5, 0.6) is 0 Å². The third-order valence-electron chi connectivity index (χ3n) is 8.61. The Labute approximate surface area is 263 Å². The van der Waals surface area contributed by atoms with Crippen LogP contribution >= 0.6 is 0 Å². The summed E-state index contributed by atoms with van der Waals surface area (Å²) >= 11 is 0. The molecule has 0 aromatic carbocycles. The Morgan fingerprint density at radius 3 is 1.00 bits per heavy atom. The molecule has 40 heavy (non-hydrogen) atoms. The fourth-order valence-corrected chi connectivity index (χ4v) is 5.75. The molecule has 0 amide bonds. The Bertz CT molecular complexity index is 438. The molecule has 0 aromatic rings. The summed E-state index contributed by atoms with van der Waals surface area (Å²) in [6.45, 7) is 8.35. The average Bonchev–Trinajstić information content (AvgIpc) is 2.93. The van der Waals surface area contributed by atoms with E-state index < -0.39 is 0 Å². The van der Waals surface area contributed by atoms with Crippen LogP contribution in [0, 0.1) is 0 Å². The lowest BCUT2D eigenvalue weighted by molar-refractivity contribution is -0.980. The van der Waals surface area contributed by atoms with E-state index in [0.29, 0.717) is 4.48 Å². The number of quaternary nitrogens is 1. The fourth-order valence-electron chi connectivity index (χ4n) is 5.75. The third kappa shape index (κ3) is 24.9. The Morgan fingerprint density at radius 1 is 0.450 bits per heavy atom. The van der Waals surface area contributed by atoms with Crippen LogP contribution in [0.2, 0.25) is 0 Å². The minimum Gasteiger partial charge on any atom is -1.00 e. The molecule has 0 fully saturated rings. The monoisotopic (exact) mass is 635 g/mol. The van der Waals surface area contributed by atoms with Crippen molar-refractivity contribution in [3.8, 4) is 0 Å². The summed E-state index contributed by atoms with van der Waals surface area (Å²) in [5, 5.41) is 10.1. The van der Waals surface area contributed by atoms with Gasteiger partial charge in [0.2, 0.25) is 6.23 Å². The maximum absolute atomic E-state index is 10.1. The number of unbranched alkanes of at least 4 members (excludes halogenated alkanes) is 22. The predicted octanol–water partition coefficient (Wildman–Crippen LogP) is 7.56. The molecule has 5 heteroatoms. The highest BCUT2D eigenvalue weighted by molar-refractivity contribution is 4.53. The second-order valence-electron chi connectivity index (χ2n) is 12.6. The lowest BCUT2D eigenvalue weighted by atomic mass is 10.1. The van der Waals surface area contributed by atoms with Crippen LogP contribution in [0.15, 0.2) is 0 Å². The van der Waals surface area contributed by atoms with Crippen molar-refractivity contribution in [2.45, 2.75) is 194 Å². The summed E-state index contributed by atoms with van der Waals surface area (Å²) in [5.74, 6) is 0. The number of hydrogen-bond donors (Lipinski definition) is 1. The highest BCUT2D eigenvalue weighted by Crippen LogP contribution is 2.20. The third-order valence-corrected chi connectivity index (χ3v) is 8.61. The fraction of sp³-hybridized carbons (Fsp3) is 1.00. The van der Waals surface area contributed by atoms with Gasteiger partial charge in [-0.15, -0.1) is 0 Å². The van der Waals surface area contributed by atoms with Gasteiger partial charge in [0.25, 0.3) is 0 Å². The first kappa shape index (κ1) is 42.5. The topological polar surface area (TPSA) is 38.7 Å². The molecule has 0 saturated carbocycles. The largest absolute Gasteiger partial charge is 1.00 e. The van der Waals surface area contributed by atoms with Crippen molar-refractivity contribution >= 4 is 0 Å². The molecule has 0 aliphatic carbocycles. The van der Waals surface area contributed by atoms with Gasteiger partial charge in [0, 0.05) is 6.42 Å². The zero-order chi connectivity index (χ0) is 28.9. The number of nitrogens with zero attached hydrogens (tertiary/aromatic N) is 1. The van der Waals surface area contributed by atoms with Gasteiger partial charge in [0.1, 0.15) is 6.61 Å². The van der Waals surface area contributed by atoms with E-state index in [1.165, 1.54) is 141 Å². The number of likely N-dealkylation sites (N-methyl/N-ethyl adjacent to an activating group) is 1. The van der Waals surface area contributed by atoms with Crippen molar-refractivity contribution < 1.29 is 36.0 Å². The van der Waals surface area contributed by atoms with Gasteiger partial charge in [0.05, 0.1) is 27.3 Å². The second-order valence-corrected chi connectivity index (χ2v) is 12.6. The average molecular weight is 637 g/mol. The van der Waals surface area contributed by atoms with E-state index in [-0.39, 0.29) is 36.0 Å². The first-order chi connectivity index (χ1) is 19.0. The number of aliphatic hydroxyl groups is 1. The zero-order valence-electron chi connectivity index (χ0n) is 28.0. The molecule has 0 aromatic heterocycles. The molecule has 0 aliphatic rings. The molecular weight excluding hydrogens is 562 g/mol. The lowest BCUT2D eigenvalue weighted by Crippen LogP contribution is -3.00. The van der Waals surface area contributed by atoms with Crippen LogP contribution in [0.1, 0.15) is 181 Å². The number of halogens is 1. The molecule has 2 atom stereocenters. The van der Waals surface area contributed by atoms with Gasteiger partial charge in [0.15, 0.2) is 6.23 Å². The normalized spacial score (nSPS) is 13.3. The Morgan fingerprint density at radius 2 is 0.725 bits per heavy atom. The van der Waals surface area contributed by atoms with Crippen LogP contribution in [-0.2, 0) is 9.47 Å². The smallest absolute Gasteiger partial charge is 0.218 e. The van der Waals surface area contributed by atoms with Gasteiger partial charge >= 0.3 is 0 Å². The van der Waals surface area contributed by atoms with E-state index >= 15 is 0 Å². The van der Waals surface area contributed by atoms with Crippen molar-refractivity contribution in [1.82, 2.24) is 0 Å². The molecule has 244 valence electrons. The molecule has 0 radical (unpaired) electrons. The van der Waals surface area contributed by atoms with E-state index in [2.05, 4.69) is 34.9 Å². The summed E-state index contributed by atoms with van der Waals surface area (Å²) < 4.78 is 13.1. The van der Waals surface area contributed by atoms with Gasteiger partial charge in [-0.3, -0.25) is 4.48 Å². The quantitative estimate of drug-likeness (QED) is 0.0471. The Balaban J connectivity index is 0. The molecule has 0 aliphatic heterocycles.